The van der Waals surface area contributed by atoms with Crippen LogP contribution in [-0.4, -0.2) is 31.6 Å². The Balaban J connectivity index is 1.01. The number of para-hydroxylation sites is 3. The number of anilines is 7. The molecule has 6 nitrogen and oxygen atoms in total. The number of nitrogens with zero attached hydrogens (tertiary/aromatic N) is 5. The summed E-state index contributed by atoms with van der Waals surface area (Å²) >= 11 is 0.110. The predicted molar refractivity (Wildman–Crippen MR) is 240 cm³/mol. The fraction of sp³-hybridized carbons (Fsp3) is 0.0980. The minimum atomic E-state index is -0.0175. The quantitative estimate of drug-likeness (QED) is 0.149. The number of pyridine rings is 2. The Morgan fingerprint density at radius 2 is 1.21 bits per heavy atom. The molecule has 4 heterocycles. The molecule has 0 amide bonds. The van der Waals surface area contributed by atoms with Crippen LogP contribution in [0.25, 0.3) is 22.3 Å². The van der Waals surface area contributed by atoms with Crippen molar-refractivity contribution in [3.05, 3.63) is 188 Å². The Morgan fingerprint density at radius 1 is 0.552 bits per heavy atom. The molecular formula is C51H41N5OSe. The van der Waals surface area contributed by atoms with Gasteiger partial charge in [-0.1, -0.05) is 84.9 Å². The van der Waals surface area contributed by atoms with E-state index in [9.17, 15) is 0 Å². The number of fused-ring (bicyclic) bond motifs is 3. The molecule has 0 bridgehead atoms. The Morgan fingerprint density at radius 3 is 1.93 bits per heavy atom. The molecule has 0 atom stereocenters. The first-order chi connectivity index (χ1) is 28.4. The maximum absolute atomic E-state index is 6.75. The zero-order valence-electron chi connectivity index (χ0n) is 32.6. The van der Waals surface area contributed by atoms with Gasteiger partial charge in [0, 0.05) is 11.1 Å². The molecule has 2 aliphatic heterocycles. The molecule has 0 N–H and O–H groups in total. The summed E-state index contributed by atoms with van der Waals surface area (Å²) in [6.07, 6.45) is 5.76. The molecule has 8 aromatic rings. The van der Waals surface area contributed by atoms with E-state index in [1.165, 1.54) is 42.4 Å². The molecule has 0 spiro atoms. The van der Waals surface area contributed by atoms with E-state index in [1.54, 1.807) is 0 Å². The second kappa shape index (κ2) is 14.7. The standard InChI is InChI=1S/C51H41N5OSe/c1-51(2,3)37-26-29-53-49(30-37)56-45-32-40(24-25-47(45)58-48-27-28-52-33-46(48)56)57-39-19-12-18-38(31-39)54-34-55(44-23-11-10-22-43(44)54)50-41(35-14-6-4-7-15-35)20-13-21-42(50)36-16-8-5-9-17-36/h4-33H,34H2,1-3H3. The van der Waals surface area contributed by atoms with E-state index in [4.69, 9.17) is 9.72 Å². The van der Waals surface area contributed by atoms with Gasteiger partial charge < -0.3 is 0 Å². The molecule has 0 aliphatic carbocycles. The van der Waals surface area contributed by atoms with E-state index in [-0.39, 0.29) is 20.4 Å². The summed E-state index contributed by atoms with van der Waals surface area (Å²) in [5, 5.41) is 0. The van der Waals surface area contributed by atoms with Crippen molar-refractivity contribution >= 4 is 63.8 Å². The van der Waals surface area contributed by atoms with Gasteiger partial charge in [0.25, 0.3) is 0 Å². The van der Waals surface area contributed by atoms with Gasteiger partial charge in [-0.15, -0.1) is 0 Å². The number of hydrogen-bond donors (Lipinski definition) is 0. The SMILES string of the molecule is CC(C)(C)c1ccnc(N2c3cnccc3[Se]c3ccc(Oc4cccc(N5CN(c6c(-c7ccccc7)cccc6-c6ccccc6)c6ccccc65)c4)cc32)c1. The van der Waals surface area contributed by atoms with Crippen molar-refractivity contribution in [1.29, 1.82) is 0 Å². The number of ether oxygens (including phenoxy) is 1. The molecule has 282 valence electrons. The summed E-state index contributed by atoms with van der Waals surface area (Å²) in [6, 6.07) is 58.1. The van der Waals surface area contributed by atoms with Crippen LogP contribution in [0.4, 0.5) is 39.9 Å². The van der Waals surface area contributed by atoms with Crippen molar-refractivity contribution in [2.75, 3.05) is 21.4 Å². The molecule has 0 fully saturated rings. The second-order valence-electron chi connectivity index (χ2n) is 15.6. The first-order valence-electron chi connectivity index (χ1n) is 19.6. The maximum atomic E-state index is 6.75. The molecule has 6 aromatic carbocycles. The van der Waals surface area contributed by atoms with Crippen LogP contribution >= 0.6 is 0 Å². The van der Waals surface area contributed by atoms with Crippen LogP contribution in [0, 0.1) is 0 Å². The number of rotatable bonds is 7. The van der Waals surface area contributed by atoms with Crippen molar-refractivity contribution in [2.45, 2.75) is 26.2 Å². The Hall–Kier alpha value is -6.66. The minimum absolute atomic E-state index is 0.0175. The molecule has 7 heteroatoms. The molecular weight excluding hydrogens is 778 g/mol. The van der Waals surface area contributed by atoms with Crippen LogP contribution in [0.2, 0.25) is 0 Å². The van der Waals surface area contributed by atoms with Gasteiger partial charge in [-0.25, -0.2) is 0 Å². The van der Waals surface area contributed by atoms with Crippen LogP contribution in [0.1, 0.15) is 26.3 Å². The molecule has 2 aromatic heterocycles. The van der Waals surface area contributed by atoms with Crippen molar-refractivity contribution in [3.63, 3.8) is 0 Å². The van der Waals surface area contributed by atoms with E-state index in [0.717, 1.165) is 45.8 Å². The average Bonchev–Trinajstić information content (AvgIpc) is 3.65. The van der Waals surface area contributed by atoms with Crippen LogP contribution in [0.3, 0.4) is 0 Å². The number of aromatic nitrogens is 2. The van der Waals surface area contributed by atoms with Crippen LogP contribution in [0.5, 0.6) is 11.5 Å². The molecule has 0 saturated carbocycles. The summed E-state index contributed by atoms with van der Waals surface area (Å²) in [4.78, 5) is 16.5. The summed E-state index contributed by atoms with van der Waals surface area (Å²) in [7, 11) is 0. The second-order valence-corrected chi connectivity index (χ2v) is 17.9. The van der Waals surface area contributed by atoms with Crippen LogP contribution < -0.4 is 28.4 Å². The summed E-state index contributed by atoms with van der Waals surface area (Å²) in [6.45, 7) is 7.34. The van der Waals surface area contributed by atoms with Gasteiger partial charge in [-0.2, -0.15) is 0 Å². The van der Waals surface area contributed by atoms with E-state index < -0.39 is 0 Å². The van der Waals surface area contributed by atoms with Gasteiger partial charge in [0.2, 0.25) is 0 Å². The fourth-order valence-corrected chi connectivity index (χ4v) is 10.1. The van der Waals surface area contributed by atoms with Crippen LogP contribution in [0.15, 0.2) is 182 Å². The fourth-order valence-electron chi connectivity index (χ4n) is 7.96. The van der Waals surface area contributed by atoms with Gasteiger partial charge >= 0.3 is 241 Å². The normalized spacial score (nSPS) is 13.2. The van der Waals surface area contributed by atoms with Gasteiger partial charge in [0.05, 0.1) is 0 Å². The van der Waals surface area contributed by atoms with Gasteiger partial charge in [0.1, 0.15) is 0 Å². The zero-order valence-corrected chi connectivity index (χ0v) is 34.3. The molecule has 0 unspecified atom stereocenters. The summed E-state index contributed by atoms with van der Waals surface area (Å²) < 4.78 is 9.30. The summed E-state index contributed by atoms with van der Waals surface area (Å²) in [5.74, 6) is 2.41. The monoisotopic (exact) mass is 819 g/mol. The molecule has 0 saturated heterocycles. The van der Waals surface area contributed by atoms with E-state index in [0.29, 0.717) is 6.67 Å². The third-order valence-electron chi connectivity index (χ3n) is 10.8. The average molecular weight is 819 g/mol. The topological polar surface area (TPSA) is 44.7 Å². The molecule has 0 radical (unpaired) electrons. The van der Waals surface area contributed by atoms with E-state index in [1.807, 2.05) is 24.7 Å². The Labute approximate surface area is 346 Å². The molecule has 2 aliphatic rings. The number of hydrogen-bond acceptors (Lipinski definition) is 6. The first-order valence-corrected chi connectivity index (χ1v) is 21.3. The molecule has 58 heavy (non-hydrogen) atoms. The van der Waals surface area contributed by atoms with Gasteiger partial charge in [-0.05, 0) is 11.1 Å². The Kier molecular flexibility index (Phi) is 9.05. The van der Waals surface area contributed by atoms with E-state index >= 15 is 0 Å². The first kappa shape index (κ1) is 35.7. The third kappa shape index (κ3) is 6.58. The predicted octanol–water partition coefficient (Wildman–Crippen LogP) is 11.6. The molecule has 10 rings (SSSR count). The number of benzene rings is 6. The van der Waals surface area contributed by atoms with Gasteiger partial charge in [0.15, 0.2) is 0 Å². The summed E-state index contributed by atoms with van der Waals surface area (Å²) in [5.41, 5.74) is 12.6. The van der Waals surface area contributed by atoms with Crippen molar-refractivity contribution in [3.8, 4) is 33.8 Å². The Bertz CT molecular complexity index is 2730. The van der Waals surface area contributed by atoms with E-state index in [2.05, 4.69) is 198 Å². The van der Waals surface area contributed by atoms with Crippen molar-refractivity contribution in [2.24, 2.45) is 0 Å². The zero-order chi connectivity index (χ0) is 39.2. The third-order valence-corrected chi connectivity index (χ3v) is 13.2. The van der Waals surface area contributed by atoms with Crippen molar-refractivity contribution < 1.29 is 4.74 Å². The van der Waals surface area contributed by atoms with Crippen molar-refractivity contribution in [1.82, 2.24) is 9.97 Å². The van der Waals surface area contributed by atoms with Crippen LogP contribution in [-0.2, 0) is 5.41 Å². The van der Waals surface area contributed by atoms with Gasteiger partial charge in [-0.3, -0.25) is 0 Å².